The summed E-state index contributed by atoms with van der Waals surface area (Å²) in [5.41, 5.74) is 1.56. The van der Waals surface area contributed by atoms with Crippen LogP contribution in [0.5, 0.6) is 5.75 Å². The molecule has 0 radical (unpaired) electrons. The Morgan fingerprint density at radius 1 is 1.09 bits per heavy atom. The molecule has 9 heteroatoms. The minimum absolute atomic E-state index is 0.112. The van der Waals surface area contributed by atoms with Gasteiger partial charge in [-0.25, -0.2) is 0 Å². The van der Waals surface area contributed by atoms with Gasteiger partial charge in [0, 0.05) is 44.8 Å². The fourth-order valence-corrected chi connectivity index (χ4v) is 4.17. The van der Waals surface area contributed by atoms with Crippen LogP contribution < -0.4 is 20.3 Å². The zero-order valence-corrected chi connectivity index (χ0v) is 19.3. The maximum Gasteiger partial charge on any atom is 0.253 e. The van der Waals surface area contributed by atoms with E-state index in [4.69, 9.17) is 9.47 Å². The van der Waals surface area contributed by atoms with E-state index < -0.39 is 5.92 Å². The molecule has 2 aromatic carbocycles. The van der Waals surface area contributed by atoms with Gasteiger partial charge in [0.15, 0.2) is 0 Å². The molecule has 0 aliphatic carbocycles. The molecule has 0 aromatic heterocycles. The first kappa shape index (κ1) is 23.7. The van der Waals surface area contributed by atoms with Crippen LogP contribution in [0.25, 0.3) is 0 Å². The minimum atomic E-state index is -0.507. The number of ether oxygens (including phenoxy) is 2. The largest absolute Gasteiger partial charge is 0.497 e. The van der Waals surface area contributed by atoms with Crippen LogP contribution >= 0.6 is 0 Å². The Balaban J connectivity index is 1.34. The summed E-state index contributed by atoms with van der Waals surface area (Å²) in [6, 6.07) is 14.1. The first-order valence-electron chi connectivity index (χ1n) is 11.5. The van der Waals surface area contributed by atoms with Gasteiger partial charge < -0.3 is 25.0 Å². The average Bonchev–Trinajstić information content (AvgIpc) is 3.26. The average molecular weight is 467 g/mol. The molecule has 9 nitrogen and oxygen atoms in total. The fourth-order valence-electron chi connectivity index (χ4n) is 4.17. The Morgan fingerprint density at radius 3 is 2.56 bits per heavy atom. The highest BCUT2D eigenvalue weighted by molar-refractivity contribution is 6.07. The summed E-state index contributed by atoms with van der Waals surface area (Å²) in [5, 5.41) is 5.79. The lowest BCUT2D eigenvalue weighted by Gasteiger charge is -2.26. The van der Waals surface area contributed by atoms with Gasteiger partial charge in [-0.3, -0.25) is 19.3 Å². The summed E-state index contributed by atoms with van der Waals surface area (Å²) >= 11 is 0. The van der Waals surface area contributed by atoms with Crippen LogP contribution in [0.2, 0.25) is 0 Å². The number of para-hydroxylation sites is 1. The third kappa shape index (κ3) is 5.73. The van der Waals surface area contributed by atoms with Crippen LogP contribution in [0, 0.1) is 5.92 Å². The summed E-state index contributed by atoms with van der Waals surface area (Å²) < 4.78 is 10.5. The van der Waals surface area contributed by atoms with Crippen LogP contribution in [0.15, 0.2) is 48.5 Å². The van der Waals surface area contributed by atoms with Gasteiger partial charge in [-0.1, -0.05) is 12.1 Å². The SMILES string of the molecule is COc1ccc(N2C[C@@H](C(=O)Nc3ccccc3C(=O)NCCN3CCOCC3)CC2=O)cc1. The number of hydrogen-bond acceptors (Lipinski definition) is 6. The topological polar surface area (TPSA) is 100 Å². The van der Waals surface area contributed by atoms with Crippen molar-refractivity contribution in [1.82, 2.24) is 10.2 Å². The first-order chi connectivity index (χ1) is 16.5. The summed E-state index contributed by atoms with van der Waals surface area (Å²) in [7, 11) is 1.58. The zero-order chi connectivity index (χ0) is 23.9. The molecule has 4 rings (SSSR count). The number of carbonyl (C=O) groups excluding carboxylic acids is 3. The second-order valence-electron chi connectivity index (χ2n) is 8.35. The van der Waals surface area contributed by atoms with E-state index in [2.05, 4.69) is 15.5 Å². The molecule has 0 bridgehead atoms. The zero-order valence-electron chi connectivity index (χ0n) is 19.3. The number of morpholine rings is 1. The Hall–Kier alpha value is -3.43. The molecule has 2 fully saturated rings. The van der Waals surface area contributed by atoms with E-state index in [9.17, 15) is 14.4 Å². The van der Waals surface area contributed by atoms with Crippen LogP contribution in [-0.4, -0.2) is 75.7 Å². The highest BCUT2D eigenvalue weighted by atomic mass is 16.5. The third-order valence-corrected chi connectivity index (χ3v) is 6.13. The van der Waals surface area contributed by atoms with E-state index in [1.807, 2.05) is 0 Å². The maximum atomic E-state index is 13.0. The molecule has 2 aliphatic rings. The van der Waals surface area contributed by atoms with Crippen molar-refractivity contribution < 1.29 is 23.9 Å². The molecule has 0 unspecified atom stereocenters. The number of amides is 3. The molecule has 2 saturated heterocycles. The summed E-state index contributed by atoms with van der Waals surface area (Å²) in [4.78, 5) is 42.1. The normalized spacial score (nSPS) is 18.6. The van der Waals surface area contributed by atoms with Gasteiger partial charge in [-0.2, -0.15) is 0 Å². The molecule has 180 valence electrons. The molecule has 1 atom stereocenters. The highest BCUT2D eigenvalue weighted by Gasteiger charge is 2.35. The number of nitrogens with zero attached hydrogens (tertiary/aromatic N) is 2. The van der Waals surface area contributed by atoms with E-state index >= 15 is 0 Å². The Kier molecular flexibility index (Phi) is 7.76. The molecule has 2 heterocycles. The molecule has 0 spiro atoms. The van der Waals surface area contributed by atoms with Crippen molar-refractivity contribution in [2.45, 2.75) is 6.42 Å². The van der Waals surface area contributed by atoms with E-state index in [0.717, 1.165) is 25.3 Å². The Morgan fingerprint density at radius 2 is 1.82 bits per heavy atom. The first-order valence-corrected chi connectivity index (χ1v) is 11.5. The lowest BCUT2D eigenvalue weighted by atomic mass is 10.1. The van der Waals surface area contributed by atoms with Crippen molar-refractivity contribution in [3.63, 3.8) is 0 Å². The number of rotatable bonds is 8. The van der Waals surface area contributed by atoms with Crippen molar-refractivity contribution in [2.24, 2.45) is 5.92 Å². The molecule has 2 aliphatic heterocycles. The lowest BCUT2D eigenvalue weighted by molar-refractivity contribution is -0.122. The molecular weight excluding hydrogens is 436 g/mol. The number of methoxy groups -OCH3 is 1. The molecule has 34 heavy (non-hydrogen) atoms. The van der Waals surface area contributed by atoms with Crippen LogP contribution in [-0.2, 0) is 14.3 Å². The van der Waals surface area contributed by atoms with Gasteiger partial charge in [0.2, 0.25) is 11.8 Å². The number of benzene rings is 2. The van der Waals surface area contributed by atoms with Crippen LogP contribution in [0.4, 0.5) is 11.4 Å². The van der Waals surface area contributed by atoms with Gasteiger partial charge in [0.25, 0.3) is 5.91 Å². The fraction of sp³-hybridized carbons (Fsp3) is 0.400. The van der Waals surface area contributed by atoms with Crippen molar-refractivity contribution in [1.29, 1.82) is 0 Å². The minimum Gasteiger partial charge on any atom is -0.497 e. The van der Waals surface area contributed by atoms with Crippen molar-refractivity contribution >= 4 is 29.1 Å². The summed E-state index contributed by atoms with van der Waals surface area (Å²) in [5.74, 6) is -0.444. The number of hydrogen-bond donors (Lipinski definition) is 2. The standard InChI is InChI=1S/C25H30N4O5/c1-33-20-8-6-19(7-9-20)29-17-18(16-23(29)30)24(31)27-22-5-3-2-4-21(22)25(32)26-10-11-28-12-14-34-15-13-28/h2-9,18H,10-17H2,1H3,(H,26,32)(H,27,31)/t18-/m0/s1. The number of anilines is 2. The number of carbonyl (C=O) groups is 3. The Bertz CT molecular complexity index is 1020. The molecule has 2 N–H and O–H groups in total. The predicted molar refractivity (Wildman–Crippen MR) is 128 cm³/mol. The second-order valence-corrected chi connectivity index (χ2v) is 8.35. The number of nitrogens with one attached hydrogen (secondary N) is 2. The summed E-state index contributed by atoms with van der Waals surface area (Å²) in [6.07, 6.45) is 0.117. The van der Waals surface area contributed by atoms with Gasteiger partial charge in [-0.15, -0.1) is 0 Å². The van der Waals surface area contributed by atoms with Gasteiger partial charge >= 0.3 is 0 Å². The monoisotopic (exact) mass is 466 g/mol. The van der Waals surface area contributed by atoms with Gasteiger partial charge in [0.05, 0.1) is 37.5 Å². The van der Waals surface area contributed by atoms with E-state index in [0.29, 0.717) is 36.8 Å². The predicted octanol–water partition coefficient (Wildman–Crippen LogP) is 1.75. The highest BCUT2D eigenvalue weighted by Crippen LogP contribution is 2.28. The van der Waals surface area contributed by atoms with E-state index in [1.165, 1.54) is 0 Å². The molecule has 3 amide bonds. The lowest BCUT2D eigenvalue weighted by Crippen LogP contribution is -2.41. The van der Waals surface area contributed by atoms with E-state index in [-0.39, 0.29) is 30.7 Å². The van der Waals surface area contributed by atoms with Crippen molar-refractivity contribution in [3.8, 4) is 5.75 Å². The molecular formula is C25H30N4O5. The van der Waals surface area contributed by atoms with Crippen LogP contribution in [0.1, 0.15) is 16.8 Å². The van der Waals surface area contributed by atoms with Crippen molar-refractivity contribution in [2.75, 3.05) is 63.3 Å². The van der Waals surface area contributed by atoms with Crippen molar-refractivity contribution in [3.05, 3.63) is 54.1 Å². The van der Waals surface area contributed by atoms with Gasteiger partial charge in [-0.05, 0) is 36.4 Å². The second kappa shape index (κ2) is 11.1. The van der Waals surface area contributed by atoms with Crippen LogP contribution in [0.3, 0.4) is 0 Å². The maximum absolute atomic E-state index is 13.0. The smallest absolute Gasteiger partial charge is 0.253 e. The third-order valence-electron chi connectivity index (χ3n) is 6.13. The molecule has 0 saturated carbocycles. The quantitative estimate of drug-likeness (QED) is 0.615. The van der Waals surface area contributed by atoms with E-state index in [1.54, 1.807) is 60.5 Å². The summed E-state index contributed by atoms with van der Waals surface area (Å²) in [6.45, 7) is 4.67. The Labute approximate surface area is 199 Å². The van der Waals surface area contributed by atoms with Gasteiger partial charge in [0.1, 0.15) is 5.75 Å². The molecule has 2 aromatic rings.